The molecule has 118 valence electrons. The summed E-state index contributed by atoms with van der Waals surface area (Å²) in [6.07, 6.45) is 12.0. The topological polar surface area (TPSA) is 43.8 Å². The van der Waals surface area contributed by atoms with E-state index in [9.17, 15) is 0 Å². The van der Waals surface area contributed by atoms with E-state index in [-0.39, 0.29) is 18.1 Å². The largest absolute Gasteiger partial charge is 0.357 e. The van der Waals surface area contributed by atoms with Crippen molar-refractivity contribution in [1.29, 1.82) is 0 Å². The lowest BCUT2D eigenvalue weighted by molar-refractivity contribution is 0.169. The summed E-state index contributed by atoms with van der Waals surface area (Å²) in [4.78, 5) is 3.59. The van der Waals surface area contributed by atoms with Crippen LogP contribution in [0.2, 0.25) is 0 Å². The van der Waals surface area contributed by atoms with Crippen LogP contribution in [-0.2, 0) is 0 Å². The smallest absolute Gasteiger partial charge is 0.117 e. The number of hydrogen-bond acceptors (Lipinski definition) is 3. The van der Waals surface area contributed by atoms with Gasteiger partial charge in [0.25, 0.3) is 0 Å². The maximum atomic E-state index is 4.52. The normalized spacial score (nSPS) is 23.6. The molecule has 0 saturated carbocycles. The summed E-state index contributed by atoms with van der Waals surface area (Å²) in [5.41, 5.74) is 2.43. The van der Waals surface area contributed by atoms with Gasteiger partial charge in [0, 0.05) is 11.2 Å². The van der Waals surface area contributed by atoms with Gasteiger partial charge in [0.15, 0.2) is 0 Å². The third kappa shape index (κ3) is 2.58. The number of H-pyrrole nitrogens is 1. The van der Waals surface area contributed by atoms with Gasteiger partial charge >= 0.3 is 0 Å². The first kappa shape index (κ1) is 14.2. The van der Waals surface area contributed by atoms with E-state index in [0.717, 1.165) is 6.42 Å². The van der Waals surface area contributed by atoms with Crippen molar-refractivity contribution in [2.45, 2.75) is 44.3 Å². The molecule has 0 spiro atoms. The van der Waals surface area contributed by atoms with Crippen LogP contribution in [0.1, 0.15) is 37.9 Å². The number of nitrogens with one attached hydrogen (secondary N) is 1. The van der Waals surface area contributed by atoms with Gasteiger partial charge in [-0.15, -0.1) is 0 Å². The van der Waals surface area contributed by atoms with Gasteiger partial charge in [-0.05, 0) is 23.9 Å². The van der Waals surface area contributed by atoms with Gasteiger partial charge in [0.1, 0.15) is 6.04 Å². The number of rotatable bonds is 5. The number of aromatic amines is 1. The van der Waals surface area contributed by atoms with Crippen LogP contribution in [0, 0.1) is 0 Å². The van der Waals surface area contributed by atoms with E-state index in [2.05, 4.69) is 81.9 Å². The molecule has 2 heterocycles. The van der Waals surface area contributed by atoms with E-state index in [0.29, 0.717) is 0 Å². The molecular weight excluding hydrogens is 284 g/mol. The molecule has 3 atom stereocenters. The Morgan fingerprint density at radius 2 is 2.09 bits per heavy atom. The SMILES string of the molecule is CCCCC(c1cc2ccccc2[nH]1)N1N=NC2C=CC=CC21. The van der Waals surface area contributed by atoms with Crippen LogP contribution in [0.4, 0.5) is 0 Å². The Morgan fingerprint density at radius 1 is 1.22 bits per heavy atom. The summed E-state index contributed by atoms with van der Waals surface area (Å²) >= 11 is 0. The highest BCUT2D eigenvalue weighted by molar-refractivity contribution is 5.80. The summed E-state index contributed by atoms with van der Waals surface area (Å²) in [6.45, 7) is 2.24. The first-order valence-electron chi connectivity index (χ1n) is 8.48. The fourth-order valence-electron chi connectivity index (χ4n) is 3.49. The Hall–Kier alpha value is -2.36. The lowest BCUT2D eigenvalue weighted by Crippen LogP contribution is -2.36. The zero-order valence-electron chi connectivity index (χ0n) is 13.4. The van der Waals surface area contributed by atoms with Gasteiger partial charge in [0.05, 0.1) is 12.1 Å². The summed E-state index contributed by atoms with van der Waals surface area (Å²) in [7, 11) is 0. The van der Waals surface area contributed by atoms with E-state index in [1.807, 2.05) is 0 Å². The fraction of sp³-hybridized carbons (Fsp3) is 0.368. The molecule has 1 aromatic heterocycles. The van der Waals surface area contributed by atoms with Crippen molar-refractivity contribution in [3.8, 4) is 0 Å². The van der Waals surface area contributed by atoms with Crippen molar-refractivity contribution >= 4 is 10.9 Å². The Labute approximate surface area is 136 Å². The Morgan fingerprint density at radius 3 is 2.96 bits per heavy atom. The maximum absolute atomic E-state index is 4.52. The molecule has 1 aromatic carbocycles. The van der Waals surface area contributed by atoms with E-state index in [1.165, 1.54) is 29.4 Å². The Bertz CT molecular complexity index is 738. The predicted octanol–water partition coefficient (Wildman–Crippen LogP) is 4.95. The zero-order chi connectivity index (χ0) is 15.6. The van der Waals surface area contributed by atoms with Crippen LogP contribution in [0.25, 0.3) is 10.9 Å². The highest BCUT2D eigenvalue weighted by atomic mass is 15.6. The summed E-state index contributed by atoms with van der Waals surface area (Å²) in [5.74, 6) is 0. The van der Waals surface area contributed by atoms with Crippen molar-refractivity contribution in [1.82, 2.24) is 9.99 Å². The molecule has 4 heteroatoms. The van der Waals surface area contributed by atoms with Gasteiger partial charge < -0.3 is 4.98 Å². The number of allylic oxidation sites excluding steroid dienone is 2. The van der Waals surface area contributed by atoms with E-state index in [4.69, 9.17) is 0 Å². The third-order valence-corrected chi connectivity index (χ3v) is 4.73. The number of hydrogen-bond donors (Lipinski definition) is 1. The quantitative estimate of drug-likeness (QED) is 0.835. The molecule has 23 heavy (non-hydrogen) atoms. The fourth-order valence-corrected chi connectivity index (χ4v) is 3.49. The number of fused-ring (bicyclic) bond motifs is 2. The molecule has 4 nitrogen and oxygen atoms in total. The monoisotopic (exact) mass is 306 g/mol. The number of unbranched alkanes of at least 4 members (excludes halogenated alkanes) is 1. The standard InChI is InChI=1S/C19H22N4/c1-2-3-11-19(17-13-14-8-4-5-9-15(14)20-17)23-18-12-7-6-10-16(18)21-22-23/h4-10,12-13,16,18-20H,2-3,11H2,1H3. The summed E-state index contributed by atoms with van der Waals surface area (Å²) < 4.78 is 0. The predicted molar refractivity (Wildman–Crippen MR) is 93.1 cm³/mol. The van der Waals surface area contributed by atoms with Crippen molar-refractivity contribution in [2.75, 3.05) is 0 Å². The molecule has 0 amide bonds. The second-order valence-electron chi connectivity index (χ2n) is 6.31. The molecule has 1 aliphatic carbocycles. The Kier molecular flexibility index (Phi) is 3.74. The summed E-state index contributed by atoms with van der Waals surface area (Å²) in [5, 5.41) is 12.4. The molecule has 1 N–H and O–H groups in total. The molecule has 0 bridgehead atoms. The average Bonchev–Trinajstić information content (AvgIpc) is 3.20. The van der Waals surface area contributed by atoms with E-state index in [1.54, 1.807) is 0 Å². The van der Waals surface area contributed by atoms with Gasteiger partial charge in [-0.2, -0.15) is 5.11 Å². The maximum Gasteiger partial charge on any atom is 0.117 e. The third-order valence-electron chi connectivity index (χ3n) is 4.73. The van der Waals surface area contributed by atoms with Crippen LogP contribution in [-0.4, -0.2) is 22.1 Å². The lowest BCUT2D eigenvalue weighted by atomic mass is 9.99. The van der Waals surface area contributed by atoms with Crippen LogP contribution in [0.3, 0.4) is 0 Å². The van der Waals surface area contributed by atoms with Crippen LogP contribution < -0.4 is 0 Å². The van der Waals surface area contributed by atoms with Gasteiger partial charge in [-0.3, -0.25) is 5.01 Å². The van der Waals surface area contributed by atoms with Gasteiger partial charge in [-0.25, -0.2) is 0 Å². The minimum Gasteiger partial charge on any atom is -0.357 e. The number of aromatic nitrogens is 1. The van der Waals surface area contributed by atoms with Gasteiger partial charge in [0.2, 0.25) is 0 Å². The lowest BCUT2D eigenvalue weighted by Gasteiger charge is -2.30. The van der Waals surface area contributed by atoms with Crippen LogP contribution >= 0.6 is 0 Å². The van der Waals surface area contributed by atoms with Crippen LogP contribution in [0.5, 0.6) is 0 Å². The van der Waals surface area contributed by atoms with Crippen LogP contribution in [0.15, 0.2) is 65.0 Å². The molecule has 0 fully saturated rings. The highest BCUT2D eigenvalue weighted by Crippen LogP contribution is 2.36. The van der Waals surface area contributed by atoms with Crippen molar-refractivity contribution < 1.29 is 0 Å². The van der Waals surface area contributed by atoms with Crippen molar-refractivity contribution in [3.63, 3.8) is 0 Å². The second-order valence-corrected chi connectivity index (χ2v) is 6.31. The molecule has 2 aliphatic rings. The second kappa shape index (κ2) is 6.03. The molecule has 2 aromatic rings. The molecule has 0 saturated heterocycles. The highest BCUT2D eigenvalue weighted by Gasteiger charge is 2.35. The molecule has 0 radical (unpaired) electrons. The first-order valence-corrected chi connectivity index (χ1v) is 8.48. The molecule has 4 rings (SSSR count). The molecule has 1 aliphatic heterocycles. The first-order chi connectivity index (χ1) is 11.4. The van der Waals surface area contributed by atoms with Crippen molar-refractivity contribution in [2.24, 2.45) is 10.3 Å². The number of para-hydroxylation sites is 1. The minimum absolute atomic E-state index is 0.161. The zero-order valence-corrected chi connectivity index (χ0v) is 13.4. The van der Waals surface area contributed by atoms with E-state index < -0.39 is 0 Å². The summed E-state index contributed by atoms with van der Waals surface area (Å²) in [6, 6.07) is 11.4. The molecule has 3 unspecified atom stereocenters. The number of benzene rings is 1. The van der Waals surface area contributed by atoms with Crippen molar-refractivity contribution in [3.05, 3.63) is 60.3 Å². The molecular formula is C19H22N4. The Balaban J connectivity index is 1.68. The van der Waals surface area contributed by atoms with Gasteiger partial charge in [-0.1, -0.05) is 67.5 Å². The van der Waals surface area contributed by atoms with E-state index >= 15 is 0 Å². The number of nitrogens with zero attached hydrogens (tertiary/aromatic N) is 3. The average molecular weight is 306 g/mol. The minimum atomic E-state index is 0.161.